The second kappa shape index (κ2) is 3.18. The van der Waals surface area contributed by atoms with Gasteiger partial charge in [-0.3, -0.25) is 0 Å². The van der Waals surface area contributed by atoms with E-state index in [0.717, 1.165) is 19.6 Å². The van der Waals surface area contributed by atoms with Crippen molar-refractivity contribution in [2.24, 2.45) is 5.92 Å². The molecular formula is C7H14O2. The molecular weight excluding hydrogens is 116 g/mol. The van der Waals surface area contributed by atoms with Crippen LogP contribution in [0.2, 0.25) is 0 Å². The van der Waals surface area contributed by atoms with Crippen molar-refractivity contribution in [3.8, 4) is 0 Å². The summed E-state index contributed by atoms with van der Waals surface area (Å²) >= 11 is 0. The molecule has 0 amide bonds. The maximum Gasteiger partial charge on any atom is 0.160 e. The summed E-state index contributed by atoms with van der Waals surface area (Å²) in [6.07, 6.45) is 1.21. The first kappa shape index (κ1) is 7.03. The van der Waals surface area contributed by atoms with Crippen LogP contribution in [0.4, 0.5) is 0 Å². The molecule has 2 heteroatoms. The third-order valence-electron chi connectivity index (χ3n) is 1.76. The highest BCUT2D eigenvalue weighted by molar-refractivity contribution is 4.58. The van der Waals surface area contributed by atoms with E-state index in [9.17, 15) is 0 Å². The minimum atomic E-state index is 0.0787. The van der Waals surface area contributed by atoms with E-state index >= 15 is 0 Å². The Hall–Kier alpha value is -0.0800. The van der Waals surface area contributed by atoms with E-state index in [1.54, 1.807) is 0 Å². The second-order valence-electron chi connectivity index (χ2n) is 2.50. The molecule has 1 fully saturated rings. The summed E-state index contributed by atoms with van der Waals surface area (Å²) in [5.41, 5.74) is 0. The molecule has 9 heavy (non-hydrogen) atoms. The molecule has 0 aromatic heterocycles. The Morgan fingerprint density at radius 1 is 1.44 bits per heavy atom. The summed E-state index contributed by atoms with van der Waals surface area (Å²) in [6, 6.07) is 0. The van der Waals surface area contributed by atoms with Gasteiger partial charge in [-0.25, -0.2) is 0 Å². The molecule has 1 rings (SSSR count). The van der Waals surface area contributed by atoms with Crippen LogP contribution in [0.5, 0.6) is 0 Å². The fourth-order valence-electron chi connectivity index (χ4n) is 0.898. The third-order valence-corrected chi connectivity index (χ3v) is 1.76. The molecule has 0 N–H and O–H groups in total. The lowest BCUT2D eigenvalue weighted by molar-refractivity contribution is -0.0790. The van der Waals surface area contributed by atoms with Gasteiger partial charge in [-0.1, -0.05) is 13.8 Å². The molecule has 1 aliphatic heterocycles. The number of rotatable bonds is 2. The van der Waals surface area contributed by atoms with Crippen LogP contribution in [0.25, 0.3) is 0 Å². The molecule has 0 aliphatic carbocycles. The summed E-state index contributed by atoms with van der Waals surface area (Å²) in [6.45, 7) is 5.84. The SMILES string of the molecule is CC[C@H](C)C1OCCO1. The van der Waals surface area contributed by atoms with Crippen molar-refractivity contribution in [1.29, 1.82) is 0 Å². The normalized spacial score (nSPS) is 24.7. The topological polar surface area (TPSA) is 18.5 Å². The van der Waals surface area contributed by atoms with Crippen LogP contribution in [0, 0.1) is 5.92 Å². The van der Waals surface area contributed by atoms with Gasteiger partial charge in [0, 0.05) is 5.92 Å². The number of hydrogen-bond acceptors (Lipinski definition) is 2. The van der Waals surface area contributed by atoms with Gasteiger partial charge >= 0.3 is 0 Å². The maximum absolute atomic E-state index is 5.28. The Morgan fingerprint density at radius 3 is 2.44 bits per heavy atom. The van der Waals surface area contributed by atoms with Gasteiger partial charge in [0.2, 0.25) is 0 Å². The molecule has 1 heterocycles. The van der Waals surface area contributed by atoms with Gasteiger partial charge < -0.3 is 9.47 Å². The highest BCUT2D eigenvalue weighted by Gasteiger charge is 2.20. The first-order chi connectivity index (χ1) is 4.34. The van der Waals surface area contributed by atoms with Crippen LogP contribution in [0.15, 0.2) is 0 Å². The molecule has 0 bridgehead atoms. The van der Waals surface area contributed by atoms with Crippen molar-refractivity contribution in [1.82, 2.24) is 0 Å². The Morgan fingerprint density at radius 2 is 2.00 bits per heavy atom. The fraction of sp³-hybridized carbons (Fsp3) is 1.00. The van der Waals surface area contributed by atoms with Crippen LogP contribution in [0.1, 0.15) is 20.3 Å². The lowest BCUT2D eigenvalue weighted by atomic mass is 10.1. The van der Waals surface area contributed by atoms with Gasteiger partial charge in [0.1, 0.15) is 0 Å². The average molecular weight is 130 g/mol. The van der Waals surface area contributed by atoms with E-state index < -0.39 is 0 Å². The zero-order chi connectivity index (χ0) is 6.69. The van der Waals surface area contributed by atoms with Crippen LogP contribution < -0.4 is 0 Å². The van der Waals surface area contributed by atoms with Crippen LogP contribution in [0.3, 0.4) is 0 Å². The predicted molar refractivity (Wildman–Crippen MR) is 35.1 cm³/mol. The van der Waals surface area contributed by atoms with Crippen LogP contribution in [-0.4, -0.2) is 19.5 Å². The summed E-state index contributed by atoms with van der Waals surface area (Å²) in [7, 11) is 0. The lowest BCUT2D eigenvalue weighted by Gasteiger charge is -2.14. The molecule has 0 saturated carbocycles. The highest BCUT2D eigenvalue weighted by Crippen LogP contribution is 2.16. The monoisotopic (exact) mass is 130 g/mol. The van der Waals surface area contributed by atoms with Gasteiger partial charge in [-0.05, 0) is 6.42 Å². The van der Waals surface area contributed by atoms with Crippen LogP contribution >= 0.6 is 0 Å². The predicted octanol–water partition coefficient (Wildman–Crippen LogP) is 1.41. The smallest absolute Gasteiger partial charge is 0.160 e. The van der Waals surface area contributed by atoms with E-state index in [1.807, 2.05) is 0 Å². The quantitative estimate of drug-likeness (QED) is 0.562. The van der Waals surface area contributed by atoms with Crippen LogP contribution in [-0.2, 0) is 9.47 Å². The molecule has 1 aliphatic rings. The molecule has 0 aromatic rings. The third kappa shape index (κ3) is 1.66. The fourth-order valence-corrected chi connectivity index (χ4v) is 0.898. The molecule has 54 valence electrons. The minimum Gasteiger partial charge on any atom is -0.350 e. The largest absolute Gasteiger partial charge is 0.350 e. The molecule has 0 unspecified atom stereocenters. The second-order valence-corrected chi connectivity index (χ2v) is 2.50. The number of ether oxygens (including phenoxy) is 2. The van der Waals surface area contributed by atoms with Crippen molar-refractivity contribution in [2.75, 3.05) is 13.2 Å². The molecule has 0 radical (unpaired) electrons. The van der Waals surface area contributed by atoms with Gasteiger partial charge in [0.15, 0.2) is 6.29 Å². The van der Waals surface area contributed by atoms with E-state index in [-0.39, 0.29) is 6.29 Å². The van der Waals surface area contributed by atoms with E-state index in [1.165, 1.54) is 0 Å². The highest BCUT2D eigenvalue weighted by atomic mass is 16.7. The molecule has 2 nitrogen and oxygen atoms in total. The summed E-state index contributed by atoms with van der Waals surface area (Å²) in [5.74, 6) is 0.549. The van der Waals surface area contributed by atoms with Crippen molar-refractivity contribution >= 4 is 0 Å². The summed E-state index contributed by atoms with van der Waals surface area (Å²) in [4.78, 5) is 0. The molecule has 1 saturated heterocycles. The Balaban J connectivity index is 2.24. The van der Waals surface area contributed by atoms with Gasteiger partial charge in [-0.15, -0.1) is 0 Å². The van der Waals surface area contributed by atoms with Crippen molar-refractivity contribution in [2.45, 2.75) is 26.6 Å². The maximum atomic E-state index is 5.28. The summed E-state index contributed by atoms with van der Waals surface area (Å²) < 4.78 is 10.6. The Kier molecular flexibility index (Phi) is 2.49. The number of hydrogen-bond donors (Lipinski definition) is 0. The van der Waals surface area contributed by atoms with E-state index in [2.05, 4.69) is 13.8 Å². The zero-order valence-electron chi connectivity index (χ0n) is 6.09. The van der Waals surface area contributed by atoms with Crippen molar-refractivity contribution in [3.63, 3.8) is 0 Å². The minimum absolute atomic E-state index is 0.0787. The molecule has 0 aromatic carbocycles. The standard InChI is InChI=1S/C7H14O2/c1-3-6(2)7-8-4-5-9-7/h6-7H,3-5H2,1-2H3/t6-/m0/s1. The Bertz CT molecular complexity index is 77.0. The molecule has 1 atom stereocenters. The lowest BCUT2D eigenvalue weighted by Crippen LogP contribution is -2.17. The Labute approximate surface area is 56.2 Å². The van der Waals surface area contributed by atoms with Gasteiger partial charge in [0.05, 0.1) is 13.2 Å². The van der Waals surface area contributed by atoms with E-state index in [0.29, 0.717) is 5.92 Å². The van der Waals surface area contributed by atoms with Gasteiger partial charge in [0.25, 0.3) is 0 Å². The first-order valence-electron chi connectivity index (χ1n) is 3.57. The van der Waals surface area contributed by atoms with E-state index in [4.69, 9.17) is 9.47 Å². The average Bonchev–Trinajstić information content (AvgIpc) is 2.37. The zero-order valence-corrected chi connectivity index (χ0v) is 6.09. The van der Waals surface area contributed by atoms with Crippen molar-refractivity contribution in [3.05, 3.63) is 0 Å². The molecule has 0 spiro atoms. The summed E-state index contributed by atoms with van der Waals surface area (Å²) in [5, 5.41) is 0. The first-order valence-corrected chi connectivity index (χ1v) is 3.57. The van der Waals surface area contributed by atoms with Crippen molar-refractivity contribution < 1.29 is 9.47 Å². The van der Waals surface area contributed by atoms with Gasteiger partial charge in [-0.2, -0.15) is 0 Å².